The van der Waals surface area contributed by atoms with Gasteiger partial charge in [-0.3, -0.25) is 14.4 Å². The van der Waals surface area contributed by atoms with Gasteiger partial charge in [0.2, 0.25) is 11.8 Å². The van der Waals surface area contributed by atoms with Crippen LogP contribution in [-0.4, -0.2) is 47.4 Å². The van der Waals surface area contributed by atoms with Gasteiger partial charge in [0.1, 0.15) is 6.54 Å². The van der Waals surface area contributed by atoms with E-state index in [0.29, 0.717) is 19.4 Å². The number of aryl methyl sites for hydroxylation is 1. The molecule has 0 bridgehead atoms. The van der Waals surface area contributed by atoms with Gasteiger partial charge in [0.05, 0.1) is 6.42 Å². The van der Waals surface area contributed by atoms with E-state index in [1.807, 2.05) is 38.1 Å². The molecule has 1 aliphatic rings. The maximum Gasteiger partial charge on any atom is 0.305 e. The van der Waals surface area contributed by atoms with E-state index in [-0.39, 0.29) is 37.2 Å². The molecule has 130 valence electrons. The number of benzene rings is 1. The van der Waals surface area contributed by atoms with Crippen molar-refractivity contribution in [3.05, 3.63) is 29.8 Å². The summed E-state index contributed by atoms with van der Waals surface area (Å²) in [6.07, 6.45) is 0.987. The number of nitrogens with zero attached hydrogens (tertiary/aromatic N) is 2. The Hall–Kier alpha value is -2.37. The highest BCUT2D eigenvalue weighted by Crippen LogP contribution is 2.27. The van der Waals surface area contributed by atoms with E-state index in [0.717, 1.165) is 11.3 Å². The van der Waals surface area contributed by atoms with Gasteiger partial charge >= 0.3 is 5.97 Å². The number of carboxylic acids is 1. The molecular weight excluding hydrogens is 308 g/mol. The summed E-state index contributed by atoms with van der Waals surface area (Å²) in [5.74, 6) is -0.983. The monoisotopic (exact) mass is 332 g/mol. The Balaban J connectivity index is 2.13. The van der Waals surface area contributed by atoms with Gasteiger partial charge in [-0.25, -0.2) is 0 Å². The molecule has 1 aliphatic heterocycles. The average molecular weight is 332 g/mol. The molecule has 0 saturated carbocycles. The predicted octanol–water partition coefficient (Wildman–Crippen LogP) is 1.93. The van der Waals surface area contributed by atoms with Gasteiger partial charge in [-0.1, -0.05) is 32.0 Å². The molecule has 1 N–H and O–H groups in total. The van der Waals surface area contributed by atoms with Crippen LogP contribution < -0.4 is 4.90 Å². The van der Waals surface area contributed by atoms with Crippen molar-refractivity contribution in [2.45, 2.75) is 33.1 Å². The summed E-state index contributed by atoms with van der Waals surface area (Å²) < 4.78 is 0. The standard InChI is InChI=1S/C18H24N2O4/c1-13(2)11-19(10-9-18(23)24)17(22)12-20-15-6-4-3-5-14(15)7-8-16(20)21/h3-6,13H,7-12H2,1-2H3,(H,23,24). The zero-order chi connectivity index (χ0) is 17.7. The molecule has 0 atom stereocenters. The second-order valence-corrected chi connectivity index (χ2v) is 6.49. The lowest BCUT2D eigenvalue weighted by Crippen LogP contribution is -2.46. The smallest absolute Gasteiger partial charge is 0.305 e. The van der Waals surface area contributed by atoms with Gasteiger partial charge in [0.15, 0.2) is 0 Å². The summed E-state index contributed by atoms with van der Waals surface area (Å²) in [6.45, 7) is 4.55. The van der Waals surface area contributed by atoms with Crippen LogP contribution in [-0.2, 0) is 20.8 Å². The van der Waals surface area contributed by atoms with Crippen molar-refractivity contribution in [2.24, 2.45) is 5.92 Å². The van der Waals surface area contributed by atoms with Crippen molar-refractivity contribution in [2.75, 3.05) is 24.5 Å². The average Bonchev–Trinajstić information content (AvgIpc) is 2.53. The zero-order valence-corrected chi connectivity index (χ0v) is 14.2. The molecule has 6 heteroatoms. The summed E-state index contributed by atoms with van der Waals surface area (Å²) in [7, 11) is 0. The number of hydrogen-bond donors (Lipinski definition) is 1. The molecule has 1 aromatic carbocycles. The molecule has 0 unspecified atom stereocenters. The van der Waals surface area contributed by atoms with Gasteiger partial charge in [-0.05, 0) is 24.0 Å². The lowest BCUT2D eigenvalue weighted by atomic mass is 10.0. The summed E-state index contributed by atoms with van der Waals surface area (Å²) in [6, 6.07) is 7.59. The van der Waals surface area contributed by atoms with E-state index >= 15 is 0 Å². The Morgan fingerprint density at radius 1 is 1.25 bits per heavy atom. The third kappa shape index (κ3) is 4.57. The summed E-state index contributed by atoms with van der Waals surface area (Å²) in [5.41, 5.74) is 1.84. The Morgan fingerprint density at radius 2 is 1.96 bits per heavy atom. The Bertz CT molecular complexity index is 627. The first-order valence-electron chi connectivity index (χ1n) is 8.26. The molecule has 0 aromatic heterocycles. The molecule has 2 rings (SSSR count). The molecular formula is C18H24N2O4. The number of para-hydroxylation sites is 1. The number of hydrogen-bond acceptors (Lipinski definition) is 3. The SMILES string of the molecule is CC(C)CN(CCC(=O)O)C(=O)CN1C(=O)CCc2ccccc21. The minimum atomic E-state index is -0.934. The van der Waals surface area contributed by atoms with Gasteiger partial charge in [0.25, 0.3) is 0 Å². The Kier molecular flexibility index (Phi) is 5.95. The molecule has 2 amide bonds. The van der Waals surface area contributed by atoms with Crippen molar-refractivity contribution >= 4 is 23.5 Å². The number of fused-ring (bicyclic) bond motifs is 1. The van der Waals surface area contributed by atoms with E-state index in [1.165, 1.54) is 4.90 Å². The predicted molar refractivity (Wildman–Crippen MR) is 90.8 cm³/mol. The molecule has 24 heavy (non-hydrogen) atoms. The molecule has 0 spiro atoms. The number of carbonyl (C=O) groups excluding carboxylic acids is 2. The number of carbonyl (C=O) groups is 3. The minimum Gasteiger partial charge on any atom is -0.481 e. The highest BCUT2D eigenvalue weighted by molar-refractivity contribution is 6.01. The van der Waals surface area contributed by atoms with Gasteiger partial charge in [-0.15, -0.1) is 0 Å². The highest BCUT2D eigenvalue weighted by Gasteiger charge is 2.27. The van der Waals surface area contributed by atoms with E-state index in [4.69, 9.17) is 5.11 Å². The van der Waals surface area contributed by atoms with Crippen molar-refractivity contribution in [1.29, 1.82) is 0 Å². The van der Waals surface area contributed by atoms with E-state index in [2.05, 4.69) is 0 Å². The first-order valence-corrected chi connectivity index (χ1v) is 8.26. The van der Waals surface area contributed by atoms with Crippen LogP contribution in [0.5, 0.6) is 0 Å². The largest absolute Gasteiger partial charge is 0.481 e. The number of aliphatic carboxylic acids is 1. The minimum absolute atomic E-state index is 0.0395. The Labute approximate surface area is 142 Å². The molecule has 0 fully saturated rings. The van der Waals surface area contributed by atoms with Crippen molar-refractivity contribution in [1.82, 2.24) is 4.90 Å². The van der Waals surface area contributed by atoms with Crippen LogP contribution in [0.2, 0.25) is 0 Å². The van der Waals surface area contributed by atoms with Gasteiger partial charge < -0.3 is 14.9 Å². The van der Waals surface area contributed by atoms with E-state index < -0.39 is 5.97 Å². The first kappa shape index (κ1) is 18.0. The zero-order valence-electron chi connectivity index (χ0n) is 14.2. The fourth-order valence-corrected chi connectivity index (χ4v) is 2.89. The van der Waals surface area contributed by atoms with Crippen molar-refractivity contribution in [3.8, 4) is 0 Å². The summed E-state index contributed by atoms with van der Waals surface area (Å²) in [5, 5.41) is 8.87. The number of carboxylic acid groups (broad SMARTS) is 1. The van der Waals surface area contributed by atoms with Crippen LogP contribution in [0.4, 0.5) is 5.69 Å². The molecule has 0 aliphatic carbocycles. The maximum atomic E-state index is 12.7. The molecule has 1 aromatic rings. The quantitative estimate of drug-likeness (QED) is 0.827. The number of rotatable bonds is 7. The van der Waals surface area contributed by atoms with Gasteiger partial charge in [-0.2, -0.15) is 0 Å². The van der Waals surface area contributed by atoms with Crippen molar-refractivity contribution in [3.63, 3.8) is 0 Å². The molecule has 0 radical (unpaired) electrons. The molecule has 0 saturated heterocycles. The fraction of sp³-hybridized carbons (Fsp3) is 0.500. The lowest BCUT2D eigenvalue weighted by Gasteiger charge is -2.32. The van der Waals surface area contributed by atoms with Crippen LogP contribution in [0.15, 0.2) is 24.3 Å². The highest BCUT2D eigenvalue weighted by atomic mass is 16.4. The second-order valence-electron chi connectivity index (χ2n) is 6.49. The van der Waals surface area contributed by atoms with Crippen molar-refractivity contribution < 1.29 is 19.5 Å². The second kappa shape index (κ2) is 7.95. The fourth-order valence-electron chi connectivity index (χ4n) is 2.89. The van der Waals surface area contributed by atoms with Crippen LogP contribution >= 0.6 is 0 Å². The van der Waals surface area contributed by atoms with Crippen LogP contribution in [0.25, 0.3) is 0 Å². The Morgan fingerprint density at radius 3 is 2.62 bits per heavy atom. The number of anilines is 1. The number of amides is 2. The topological polar surface area (TPSA) is 77.9 Å². The summed E-state index contributed by atoms with van der Waals surface area (Å²) in [4.78, 5) is 38.8. The van der Waals surface area contributed by atoms with Crippen LogP contribution in [0.3, 0.4) is 0 Å². The van der Waals surface area contributed by atoms with Crippen LogP contribution in [0, 0.1) is 5.92 Å². The molecule has 6 nitrogen and oxygen atoms in total. The lowest BCUT2D eigenvalue weighted by molar-refractivity contribution is -0.138. The molecule has 1 heterocycles. The normalized spacial score (nSPS) is 13.8. The van der Waals surface area contributed by atoms with E-state index in [1.54, 1.807) is 4.90 Å². The van der Waals surface area contributed by atoms with E-state index in [9.17, 15) is 14.4 Å². The maximum absolute atomic E-state index is 12.7. The van der Waals surface area contributed by atoms with Gasteiger partial charge in [0, 0.05) is 25.2 Å². The summed E-state index contributed by atoms with van der Waals surface area (Å²) >= 11 is 0. The van der Waals surface area contributed by atoms with Crippen LogP contribution in [0.1, 0.15) is 32.3 Å². The first-order chi connectivity index (χ1) is 11.4. The third-order valence-electron chi connectivity index (χ3n) is 4.02. The third-order valence-corrected chi connectivity index (χ3v) is 4.02.